The Kier molecular flexibility index (Phi) is 3.86. The first-order valence-corrected chi connectivity index (χ1v) is 5.00. The van der Waals surface area contributed by atoms with Crippen LogP contribution >= 0.6 is 11.6 Å². The SMILES string of the molecule is CC(=O)c1cccc(NC(=O)C(C)Cl)c1. The Morgan fingerprint density at radius 2 is 2.07 bits per heavy atom. The monoisotopic (exact) mass is 225 g/mol. The molecule has 0 radical (unpaired) electrons. The number of ketones is 1. The molecule has 0 aliphatic heterocycles. The predicted octanol–water partition coefficient (Wildman–Crippen LogP) is 2.46. The summed E-state index contributed by atoms with van der Waals surface area (Å²) >= 11 is 5.60. The van der Waals surface area contributed by atoms with Gasteiger partial charge in [-0.1, -0.05) is 12.1 Å². The summed E-state index contributed by atoms with van der Waals surface area (Å²) in [7, 11) is 0. The van der Waals surface area contributed by atoms with Crippen molar-refractivity contribution >= 4 is 29.0 Å². The summed E-state index contributed by atoms with van der Waals surface area (Å²) in [4.78, 5) is 22.3. The van der Waals surface area contributed by atoms with Gasteiger partial charge in [-0.2, -0.15) is 0 Å². The zero-order valence-corrected chi connectivity index (χ0v) is 9.34. The average Bonchev–Trinajstić information content (AvgIpc) is 2.18. The fraction of sp³-hybridized carbons (Fsp3) is 0.273. The lowest BCUT2D eigenvalue weighted by Crippen LogP contribution is -2.20. The lowest BCUT2D eigenvalue weighted by Gasteiger charge is -2.07. The van der Waals surface area contributed by atoms with Crippen LogP contribution in [0.5, 0.6) is 0 Å². The highest BCUT2D eigenvalue weighted by molar-refractivity contribution is 6.32. The number of anilines is 1. The van der Waals surface area contributed by atoms with Crippen LogP contribution in [-0.4, -0.2) is 17.1 Å². The van der Waals surface area contributed by atoms with Crippen molar-refractivity contribution < 1.29 is 9.59 Å². The van der Waals surface area contributed by atoms with Gasteiger partial charge in [0.05, 0.1) is 0 Å². The van der Waals surface area contributed by atoms with Gasteiger partial charge in [0.2, 0.25) is 5.91 Å². The molecule has 15 heavy (non-hydrogen) atoms. The fourth-order valence-electron chi connectivity index (χ4n) is 1.06. The summed E-state index contributed by atoms with van der Waals surface area (Å²) < 4.78 is 0. The van der Waals surface area contributed by atoms with Crippen molar-refractivity contribution in [3.8, 4) is 0 Å². The molecule has 0 saturated heterocycles. The van der Waals surface area contributed by atoms with E-state index in [1.807, 2.05) is 0 Å². The highest BCUT2D eigenvalue weighted by Crippen LogP contribution is 2.12. The molecule has 0 bridgehead atoms. The number of carbonyl (C=O) groups excluding carboxylic acids is 2. The predicted molar refractivity (Wildman–Crippen MR) is 60.4 cm³/mol. The van der Waals surface area contributed by atoms with Crippen molar-refractivity contribution in [1.29, 1.82) is 0 Å². The first-order valence-electron chi connectivity index (χ1n) is 4.56. The molecule has 1 aromatic rings. The van der Waals surface area contributed by atoms with Crippen molar-refractivity contribution in [3.63, 3.8) is 0 Å². The molecule has 0 heterocycles. The van der Waals surface area contributed by atoms with E-state index in [1.54, 1.807) is 31.2 Å². The molecule has 0 spiro atoms. The molecule has 1 unspecified atom stereocenters. The van der Waals surface area contributed by atoms with E-state index in [4.69, 9.17) is 11.6 Å². The van der Waals surface area contributed by atoms with Gasteiger partial charge in [-0.3, -0.25) is 9.59 Å². The molecule has 80 valence electrons. The minimum atomic E-state index is -0.592. The smallest absolute Gasteiger partial charge is 0.242 e. The van der Waals surface area contributed by atoms with E-state index in [-0.39, 0.29) is 11.7 Å². The summed E-state index contributed by atoms with van der Waals surface area (Å²) in [6.45, 7) is 3.07. The van der Waals surface area contributed by atoms with Crippen LogP contribution in [0.25, 0.3) is 0 Å². The Bertz CT molecular complexity index is 388. The van der Waals surface area contributed by atoms with Crippen LogP contribution in [-0.2, 0) is 4.79 Å². The number of alkyl halides is 1. The number of hydrogen-bond donors (Lipinski definition) is 1. The molecule has 1 amide bonds. The molecule has 0 aliphatic carbocycles. The third-order valence-corrected chi connectivity index (χ3v) is 2.10. The molecule has 1 aromatic carbocycles. The van der Waals surface area contributed by atoms with Crippen LogP contribution in [0.1, 0.15) is 24.2 Å². The maximum absolute atomic E-state index is 11.3. The van der Waals surface area contributed by atoms with Gasteiger partial charge in [0.15, 0.2) is 5.78 Å². The molecule has 1 rings (SSSR count). The summed E-state index contributed by atoms with van der Waals surface area (Å²) in [6, 6.07) is 6.75. The maximum Gasteiger partial charge on any atom is 0.242 e. The topological polar surface area (TPSA) is 46.2 Å². The van der Waals surface area contributed by atoms with Gasteiger partial charge in [-0.05, 0) is 26.0 Å². The maximum atomic E-state index is 11.3. The molecular formula is C11H12ClNO2. The number of halogens is 1. The normalized spacial score (nSPS) is 11.9. The zero-order valence-electron chi connectivity index (χ0n) is 8.58. The number of hydrogen-bond acceptors (Lipinski definition) is 2. The van der Waals surface area contributed by atoms with Crippen LogP contribution in [0.2, 0.25) is 0 Å². The molecule has 4 heteroatoms. The largest absolute Gasteiger partial charge is 0.325 e. The Morgan fingerprint density at radius 3 is 2.60 bits per heavy atom. The van der Waals surface area contributed by atoms with E-state index in [2.05, 4.69) is 5.32 Å². The Labute approximate surface area is 93.4 Å². The first-order chi connectivity index (χ1) is 7.00. The van der Waals surface area contributed by atoms with E-state index < -0.39 is 5.38 Å². The van der Waals surface area contributed by atoms with E-state index in [0.29, 0.717) is 11.3 Å². The molecular weight excluding hydrogens is 214 g/mol. The Hall–Kier alpha value is -1.35. The second kappa shape index (κ2) is 4.94. The van der Waals surface area contributed by atoms with Gasteiger partial charge in [0.25, 0.3) is 0 Å². The fourth-order valence-corrected chi connectivity index (χ4v) is 1.11. The van der Waals surface area contributed by atoms with E-state index >= 15 is 0 Å². The zero-order chi connectivity index (χ0) is 11.4. The third kappa shape index (κ3) is 3.36. The number of nitrogens with one attached hydrogen (secondary N) is 1. The standard InChI is InChI=1S/C11H12ClNO2/c1-7(12)11(15)13-10-5-3-4-9(6-10)8(2)14/h3-7H,1-2H3,(H,13,15). The number of carbonyl (C=O) groups is 2. The summed E-state index contributed by atoms with van der Waals surface area (Å²) in [6.07, 6.45) is 0. The molecule has 0 aromatic heterocycles. The van der Waals surface area contributed by atoms with Crippen LogP contribution < -0.4 is 5.32 Å². The third-order valence-electron chi connectivity index (χ3n) is 1.90. The van der Waals surface area contributed by atoms with Gasteiger partial charge in [-0.15, -0.1) is 11.6 Å². The van der Waals surface area contributed by atoms with Crippen molar-refractivity contribution in [1.82, 2.24) is 0 Å². The first kappa shape index (κ1) is 11.7. The quantitative estimate of drug-likeness (QED) is 0.635. The lowest BCUT2D eigenvalue weighted by molar-refractivity contribution is -0.115. The second-order valence-electron chi connectivity index (χ2n) is 3.24. The number of Topliss-reactive ketones (excluding diaryl/α,β-unsaturated/α-hetero) is 1. The van der Waals surface area contributed by atoms with Crippen LogP contribution in [0.15, 0.2) is 24.3 Å². The van der Waals surface area contributed by atoms with Crippen molar-refractivity contribution in [2.75, 3.05) is 5.32 Å². The second-order valence-corrected chi connectivity index (χ2v) is 3.90. The highest BCUT2D eigenvalue weighted by atomic mass is 35.5. The molecule has 1 N–H and O–H groups in total. The van der Waals surface area contributed by atoms with Crippen molar-refractivity contribution in [3.05, 3.63) is 29.8 Å². The Morgan fingerprint density at radius 1 is 1.40 bits per heavy atom. The minimum absolute atomic E-state index is 0.0370. The summed E-state index contributed by atoms with van der Waals surface area (Å²) in [5.41, 5.74) is 1.15. The number of rotatable bonds is 3. The van der Waals surface area contributed by atoms with Gasteiger partial charge in [0, 0.05) is 11.3 Å². The molecule has 0 saturated carbocycles. The molecule has 0 aliphatic rings. The molecule has 3 nitrogen and oxygen atoms in total. The number of benzene rings is 1. The summed E-state index contributed by atoms with van der Waals surface area (Å²) in [5.74, 6) is -0.317. The Balaban J connectivity index is 2.83. The van der Waals surface area contributed by atoms with E-state index in [1.165, 1.54) is 6.92 Å². The lowest BCUT2D eigenvalue weighted by atomic mass is 10.1. The summed E-state index contributed by atoms with van der Waals surface area (Å²) in [5, 5.41) is 2.02. The van der Waals surface area contributed by atoms with Gasteiger partial charge < -0.3 is 5.32 Å². The van der Waals surface area contributed by atoms with E-state index in [0.717, 1.165) is 0 Å². The van der Waals surface area contributed by atoms with Crippen LogP contribution in [0.3, 0.4) is 0 Å². The minimum Gasteiger partial charge on any atom is -0.325 e. The molecule has 1 atom stereocenters. The van der Waals surface area contributed by atoms with E-state index in [9.17, 15) is 9.59 Å². The van der Waals surface area contributed by atoms with Gasteiger partial charge >= 0.3 is 0 Å². The molecule has 0 fully saturated rings. The van der Waals surface area contributed by atoms with Crippen molar-refractivity contribution in [2.24, 2.45) is 0 Å². The van der Waals surface area contributed by atoms with Crippen LogP contribution in [0.4, 0.5) is 5.69 Å². The highest BCUT2D eigenvalue weighted by Gasteiger charge is 2.09. The van der Waals surface area contributed by atoms with Gasteiger partial charge in [0.1, 0.15) is 5.38 Å². The van der Waals surface area contributed by atoms with Crippen LogP contribution in [0, 0.1) is 0 Å². The average molecular weight is 226 g/mol. The number of amides is 1. The van der Waals surface area contributed by atoms with Gasteiger partial charge in [-0.25, -0.2) is 0 Å². The van der Waals surface area contributed by atoms with Crippen molar-refractivity contribution in [2.45, 2.75) is 19.2 Å².